The molecule has 2 aromatic carbocycles. The first kappa shape index (κ1) is 19.3. The summed E-state index contributed by atoms with van der Waals surface area (Å²) in [6.45, 7) is 4.42. The molecule has 0 bridgehead atoms. The van der Waals surface area contributed by atoms with Gasteiger partial charge in [-0.25, -0.2) is 0 Å². The summed E-state index contributed by atoms with van der Waals surface area (Å²) in [7, 11) is 0. The minimum Gasteiger partial charge on any atom is -0.352 e. The van der Waals surface area contributed by atoms with Crippen molar-refractivity contribution in [2.45, 2.75) is 32.4 Å². The number of piperidine rings is 1. The molecule has 7 heteroatoms. The van der Waals surface area contributed by atoms with Crippen molar-refractivity contribution in [2.75, 3.05) is 13.1 Å². The van der Waals surface area contributed by atoms with E-state index in [0.717, 1.165) is 43.0 Å². The maximum Gasteiger partial charge on any atom is 0.223 e. The van der Waals surface area contributed by atoms with E-state index in [1.165, 1.54) is 0 Å². The van der Waals surface area contributed by atoms with E-state index in [1.54, 1.807) is 4.68 Å². The van der Waals surface area contributed by atoms with Gasteiger partial charge in [-0.05, 0) is 61.0 Å². The highest BCUT2D eigenvalue weighted by molar-refractivity contribution is 5.78. The average Bonchev–Trinajstić information content (AvgIpc) is 3.28. The number of para-hydroxylation sites is 1. The quantitative estimate of drug-likeness (QED) is 0.700. The Morgan fingerprint density at radius 1 is 1.07 bits per heavy atom. The maximum atomic E-state index is 12.5. The third kappa shape index (κ3) is 4.51. The molecule has 150 valence electrons. The molecule has 7 nitrogen and oxygen atoms in total. The van der Waals surface area contributed by atoms with Crippen LogP contribution in [-0.4, -0.2) is 44.1 Å². The van der Waals surface area contributed by atoms with Crippen LogP contribution in [0, 0.1) is 5.92 Å². The first-order valence-corrected chi connectivity index (χ1v) is 10.1. The first-order valence-electron chi connectivity index (χ1n) is 10.1. The lowest BCUT2D eigenvalue weighted by molar-refractivity contribution is -0.126. The fraction of sp³-hybridized carbons (Fsp3) is 0.364. The van der Waals surface area contributed by atoms with E-state index < -0.39 is 0 Å². The van der Waals surface area contributed by atoms with Gasteiger partial charge in [0.2, 0.25) is 5.91 Å². The largest absolute Gasteiger partial charge is 0.352 e. The zero-order valence-electron chi connectivity index (χ0n) is 16.6. The molecule has 1 aliphatic rings. The van der Waals surface area contributed by atoms with E-state index >= 15 is 0 Å². The van der Waals surface area contributed by atoms with E-state index in [2.05, 4.69) is 32.7 Å². The lowest BCUT2D eigenvalue weighted by atomic mass is 9.94. The first-order chi connectivity index (χ1) is 14.2. The Morgan fingerprint density at radius 2 is 1.72 bits per heavy atom. The summed E-state index contributed by atoms with van der Waals surface area (Å²) in [6, 6.07) is 20.0. The highest BCUT2D eigenvalue weighted by Gasteiger charge is 2.29. The fourth-order valence-corrected chi connectivity index (χ4v) is 3.85. The molecule has 1 amide bonds. The van der Waals surface area contributed by atoms with E-state index in [-0.39, 0.29) is 17.9 Å². The number of nitrogens with zero attached hydrogens (tertiary/aromatic N) is 5. The van der Waals surface area contributed by atoms with Crippen molar-refractivity contribution in [1.82, 2.24) is 30.4 Å². The number of nitrogens with one attached hydrogen (secondary N) is 1. The van der Waals surface area contributed by atoms with Crippen LogP contribution in [0.25, 0.3) is 5.69 Å². The van der Waals surface area contributed by atoms with E-state index in [0.29, 0.717) is 6.54 Å². The van der Waals surface area contributed by atoms with Crippen LogP contribution in [0.2, 0.25) is 0 Å². The van der Waals surface area contributed by atoms with Gasteiger partial charge in [0.05, 0.1) is 11.7 Å². The van der Waals surface area contributed by atoms with Crippen LogP contribution in [-0.2, 0) is 11.3 Å². The van der Waals surface area contributed by atoms with Crippen LogP contribution in [0.15, 0.2) is 60.7 Å². The number of hydrogen-bond donors (Lipinski definition) is 1. The molecule has 0 saturated carbocycles. The number of carbonyl (C=O) groups excluding carboxylic acids is 1. The zero-order valence-corrected chi connectivity index (χ0v) is 16.6. The molecule has 2 heterocycles. The third-order valence-electron chi connectivity index (χ3n) is 5.63. The molecule has 1 unspecified atom stereocenters. The van der Waals surface area contributed by atoms with Crippen molar-refractivity contribution in [2.24, 2.45) is 5.92 Å². The fourth-order valence-electron chi connectivity index (χ4n) is 3.85. The summed E-state index contributed by atoms with van der Waals surface area (Å²) < 4.78 is 1.79. The van der Waals surface area contributed by atoms with Crippen LogP contribution in [0.1, 0.15) is 37.2 Å². The summed E-state index contributed by atoms with van der Waals surface area (Å²) in [5, 5.41) is 15.4. The summed E-state index contributed by atoms with van der Waals surface area (Å²) in [4.78, 5) is 14.9. The topological polar surface area (TPSA) is 75.9 Å². The maximum absolute atomic E-state index is 12.5. The Kier molecular flexibility index (Phi) is 5.95. The lowest BCUT2D eigenvalue weighted by Crippen LogP contribution is -2.41. The number of rotatable bonds is 6. The number of carbonyl (C=O) groups is 1. The second-order valence-electron chi connectivity index (χ2n) is 7.47. The smallest absolute Gasteiger partial charge is 0.223 e. The molecule has 1 aromatic heterocycles. The Hall–Kier alpha value is -3.06. The Balaban J connectivity index is 1.33. The number of benzene rings is 2. The Labute approximate surface area is 170 Å². The molecule has 3 aromatic rings. The van der Waals surface area contributed by atoms with Gasteiger partial charge in [-0.2, -0.15) is 4.68 Å². The summed E-state index contributed by atoms with van der Waals surface area (Å²) in [5.41, 5.74) is 2.08. The van der Waals surface area contributed by atoms with E-state index in [1.807, 2.05) is 60.7 Å². The van der Waals surface area contributed by atoms with E-state index in [9.17, 15) is 4.79 Å². The van der Waals surface area contributed by atoms with Gasteiger partial charge in [-0.15, -0.1) is 5.10 Å². The van der Waals surface area contributed by atoms with Crippen LogP contribution in [0.4, 0.5) is 0 Å². The standard InChI is InChI=1S/C22H26N6O/c1-17(21-24-25-26-28(21)20-10-6-3-7-11-20)27-14-12-19(13-15-27)22(29)23-16-18-8-4-2-5-9-18/h2-11,17,19H,12-16H2,1H3,(H,23,29). The van der Waals surface area contributed by atoms with Crippen molar-refractivity contribution in [3.63, 3.8) is 0 Å². The lowest BCUT2D eigenvalue weighted by Gasteiger charge is -2.34. The monoisotopic (exact) mass is 390 g/mol. The van der Waals surface area contributed by atoms with Crippen molar-refractivity contribution >= 4 is 5.91 Å². The van der Waals surface area contributed by atoms with Crippen LogP contribution in [0.5, 0.6) is 0 Å². The molecule has 4 rings (SSSR count). The molecule has 1 N–H and O–H groups in total. The molecule has 0 radical (unpaired) electrons. The van der Waals surface area contributed by atoms with Crippen LogP contribution < -0.4 is 5.32 Å². The Bertz CT molecular complexity index is 919. The molecule has 1 fully saturated rings. The molecule has 1 saturated heterocycles. The predicted octanol–water partition coefficient (Wildman–Crippen LogP) is 2.75. The molecule has 1 aliphatic heterocycles. The zero-order chi connectivity index (χ0) is 20.1. The Morgan fingerprint density at radius 3 is 2.41 bits per heavy atom. The molecule has 0 aliphatic carbocycles. The van der Waals surface area contributed by atoms with Gasteiger partial charge in [0.15, 0.2) is 5.82 Å². The van der Waals surface area contributed by atoms with Gasteiger partial charge in [0.1, 0.15) is 0 Å². The van der Waals surface area contributed by atoms with Crippen LogP contribution >= 0.6 is 0 Å². The minimum atomic E-state index is 0.0623. The minimum absolute atomic E-state index is 0.0623. The second-order valence-corrected chi connectivity index (χ2v) is 7.47. The van der Waals surface area contributed by atoms with E-state index in [4.69, 9.17) is 0 Å². The van der Waals surface area contributed by atoms with Crippen molar-refractivity contribution < 1.29 is 4.79 Å². The molecule has 1 atom stereocenters. The van der Waals surface area contributed by atoms with Gasteiger partial charge in [-0.3, -0.25) is 9.69 Å². The number of hydrogen-bond acceptors (Lipinski definition) is 5. The average molecular weight is 390 g/mol. The van der Waals surface area contributed by atoms with Crippen LogP contribution in [0.3, 0.4) is 0 Å². The number of likely N-dealkylation sites (tertiary alicyclic amines) is 1. The number of aromatic nitrogens is 4. The predicted molar refractivity (Wildman–Crippen MR) is 110 cm³/mol. The summed E-state index contributed by atoms with van der Waals surface area (Å²) in [6.07, 6.45) is 1.69. The highest BCUT2D eigenvalue weighted by atomic mass is 16.1. The summed E-state index contributed by atoms with van der Waals surface area (Å²) >= 11 is 0. The SMILES string of the molecule is CC(c1nnnn1-c1ccccc1)N1CCC(C(=O)NCc2ccccc2)CC1. The molecular formula is C22H26N6O. The molecular weight excluding hydrogens is 364 g/mol. The van der Waals surface area contributed by atoms with Crippen molar-refractivity contribution in [3.05, 3.63) is 72.1 Å². The van der Waals surface area contributed by atoms with Gasteiger partial charge < -0.3 is 5.32 Å². The van der Waals surface area contributed by atoms with Gasteiger partial charge >= 0.3 is 0 Å². The normalized spacial score (nSPS) is 16.4. The third-order valence-corrected chi connectivity index (χ3v) is 5.63. The molecule has 29 heavy (non-hydrogen) atoms. The second kappa shape index (κ2) is 8.96. The molecule has 0 spiro atoms. The number of tetrazole rings is 1. The van der Waals surface area contributed by atoms with Gasteiger partial charge in [0.25, 0.3) is 0 Å². The number of amides is 1. The van der Waals surface area contributed by atoms with Gasteiger partial charge in [0, 0.05) is 12.5 Å². The van der Waals surface area contributed by atoms with Crippen molar-refractivity contribution in [3.8, 4) is 5.69 Å². The van der Waals surface area contributed by atoms with Crippen molar-refractivity contribution in [1.29, 1.82) is 0 Å². The highest BCUT2D eigenvalue weighted by Crippen LogP contribution is 2.26. The summed E-state index contributed by atoms with van der Waals surface area (Å²) in [5.74, 6) is 1.03. The van der Waals surface area contributed by atoms with Gasteiger partial charge in [-0.1, -0.05) is 48.5 Å².